The number of nitrogens with zero attached hydrogens (tertiary/aromatic N) is 1. The van der Waals surface area contributed by atoms with Crippen molar-refractivity contribution in [3.63, 3.8) is 0 Å². The number of carbonyl (C=O) groups excluding carboxylic acids is 4. The van der Waals surface area contributed by atoms with Crippen molar-refractivity contribution in [2.75, 3.05) is 27.2 Å². The Morgan fingerprint density at radius 1 is 1.20 bits per heavy atom. The fraction of sp³-hybridized carbons (Fsp3) is 0.625. The fourth-order valence-corrected chi connectivity index (χ4v) is 7.45. The second-order valence-electron chi connectivity index (χ2n) is 12.8. The molecule has 1 saturated heterocycles. The Bertz CT molecular complexity index is 1380. The summed E-state index contributed by atoms with van der Waals surface area (Å²) >= 11 is 0. The Morgan fingerprint density at radius 2 is 1.95 bits per heavy atom. The van der Waals surface area contributed by atoms with Crippen LogP contribution < -0.4 is 20.1 Å². The summed E-state index contributed by atoms with van der Waals surface area (Å²) in [5, 5.41) is 17.6. The molecule has 2 aliphatic carbocycles. The van der Waals surface area contributed by atoms with Crippen LogP contribution in [0.2, 0.25) is 0 Å². The van der Waals surface area contributed by atoms with Crippen molar-refractivity contribution in [2.24, 2.45) is 5.92 Å². The topological polar surface area (TPSA) is 153 Å². The number of hydrogen-bond acceptors (Lipinski definition) is 10. The standard InChI is InChI=1S/C32H43N3O9/c1-17(2)15-21(34-19(4)36)29(38)33-13-10-25(37)42-18(3)30(39)43-23-9-11-32(40)24-16-20-7-8-22(41-6)27-26(20)31(32,28(23)44-27)12-14-35(24)5/h7-9,17-18,21,24,28,40H,10-16H2,1-6H3,(H,33,38)(H,34,36)/t18-,21-,24-,28+,31+,32-/m0/s1. The molecule has 4 aliphatic rings. The van der Waals surface area contributed by atoms with Crippen LogP contribution in [0.4, 0.5) is 0 Å². The van der Waals surface area contributed by atoms with Crippen molar-refractivity contribution in [2.45, 2.75) is 95.1 Å². The van der Waals surface area contributed by atoms with Crippen molar-refractivity contribution >= 4 is 23.8 Å². The van der Waals surface area contributed by atoms with Crippen LogP contribution in [0, 0.1) is 5.92 Å². The predicted octanol–water partition coefficient (Wildman–Crippen LogP) is 1.50. The molecule has 0 saturated carbocycles. The summed E-state index contributed by atoms with van der Waals surface area (Å²) in [6.45, 7) is 7.35. The molecule has 1 spiro atoms. The highest BCUT2D eigenvalue weighted by atomic mass is 16.6. The lowest BCUT2D eigenvalue weighted by molar-refractivity contribution is -0.175. The molecule has 2 amide bonds. The SMILES string of the molecule is COc1ccc2c3c1O[C@@H]1C(OC(=O)[C@H](C)OC(=O)CCNC(=O)[C@H](CC(C)C)NC(C)=O)=CC[C@]4(O)[C@H](C2)N(C)CC[C@@]314. The zero-order chi connectivity index (χ0) is 32.0. The maximum absolute atomic E-state index is 13.2. The van der Waals surface area contributed by atoms with E-state index >= 15 is 0 Å². The van der Waals surface area contributed by atoms with E-state index in [-0.39, 0.29) is 43.0 Å². The first-order valence-corrected chi connectivity index (χ1v) is 15.3. The van der Waals surface area contributed by atoms with Crippen LogP contribution in [0.5, 0.6) is 11.5 Å². The molecule has 2 bridgehead atoms. The van der Waals surface area contributed by atoms with Gasteiger partial charge in [0.1, 0.15) is 11.8 Å². The van der Waals surface area contributed by atoms with Crippen LogP contribution in [-0.2, 0) is 40.5 Å². The van der Waals surface area contributed by atoms with Gasteiger partial charge in [0, 0.05) is 31.5 Å². The molecule has 12 nitrogen and oxygen atoms in total. The van der Waals surface area contributed by atoms with Gasteiger partial charge in [0.25, 0.3) is 0 Å². The Morgan fingerprint density at radius 3 is 2.64 bits per heavy atom. The highest BCUT2D eigenvalue weighted by Crippen LogP contribution is 2.65. The molecule has 1 aromatic rings. The highest BCUT2D eigenvalue weighted by molar-refractivity contribution is 5.87. The van der Waals surface area contributed by atoms with Crippen molar-refractivity contribution in [3.8, 4) is 11.5 Å². The molecule has 5 rings (SSSR count). The quantitative estimate of drug-likeness (QED) is 0.313. The minimum Gasteiger partial charge on any atom is -0.493 e. The number of rotatable bonds is 11. The van der Waals surface area contributed by atoms with Gasteiger partial charge in [-0.05, 0) is 63.4 Å². The molecule has 2 heterocycles. The lowest BCUT2D eigenvalue weighted by Crippen LogP contribution is -2.74. The minimum atomic E-state index is -1.23. The number of esters is 2. The normalized spacial score (nSPS) is 27.7. The van der Waals surface area contributed by atoms with Gasteiger partial charge in [-0.2, -0.15) is 0 Å². The van der Waals surface area contributed by atoms with Crippen LogP contribution in [0.25, 0.3) is 0 Å². The Balaban J connectivity index is 1.24. The maximum atomic E-state index is 13.2. The van der Waals surface area contributed by atoms with Gasteiger partial charge in [0.05, 0.1) is 24.5 Å². The lowest BCUT2D eigenvalue weighted by Gasteiger charge is -2.61. The van der Waals surface area contributed by atoms with Crippen molar-refractivity contribution < 1.29 is 43.2 Å². The van der Waals surface area contributed by atoms with E-state index in [2.05, 4.69) is 15.5 Å². The summed E-state index contributed by atoms with van der Waals surface area (Å²) in [6.07, 6.45) is 1.54. The van der Waals surface area contributed by atoms with Crippen LogP contribution in [0.15, 0.2) is 24.0 Å². The molecule has 1 aromatic carbocycles. The number of ether oxygens (including phenoxy) is 4. The summed E-state index contributed by atoms with van der Waals surface area (Å²) in [6, 6.07) is 3.05. The van der Waals surface area contributed by atoms with Crippen molar-refractivity contribution in [3.05, 3.63) is 35.1 Å². The van der Waals surface area contributed by atoms with E-state index in [4.69, 9.17) is 18.9 Å². The van der Waals surface area contributed by atoms with Crippen LogP contribution in [0.3, 0.4) is 0 Å². The second-order valence-corrected chi connectivity index (χ2v) is 12.8. The zero-order valence-corrected chi connectivity index (χ0v) is 26.2. The molecule has 3 N–H and O–H groups in total. The number of likely N-dealkylation sites (tertiary alicyclic amines) is 1. The van der Waals surface area contributed by atoms with E-state index in [0.29, 0.717) is 30.8 Å². The number of nitrogens with one attached hydrogen (secondary N) is 2. The van der Waals surface area contributed by atoms with Crippen LogP contribution in [-0.4, -0.2) is 90.9 Å². The van der Waals surface area contributed by atoms with Gasteiger partial charge < -0.3 is 39.6 Å². The van der Waals surface area contributed by atoms with Gasteiger partial charge in [-0.3, -0.25) is 14.4 Å². The first kappa shape index (κ1) is 31.8. The molecule has 0 aromatic heterocycles. The largest absolute Gasteiger partial charge is 0.493 e. The van der Waals surface area contributed by atoms with Crippen LogP contribution >= 0.6 is 0 Å². The summed E-state index contributed by atoms with van der Waals surface area (Å²) in [5.74, 6) is -0.604. The lowest BCUT2D eigenvalue weighted by atomic mass is 9.50. The average molecular weight is 614 g/mol. The summed E-state index contributed by atoms with van der Waals surface area (Å²) < 4.78 is 23.3. The number of likely N-dealkylation sites (N-methyl/N-ethyl adjacent to an activating group) is 1. The minimum absolute atomic E-state index is 0.0200. The summed E-state index contributed by atoms with van der Waals surface area (Å²) in [7, 11) is 3.59. The second kappa shape index (κ2) is 12.0. The van der Waals surface area contributed by atoms with Crippen molar-refractivity contribution in [1.29, 1.82) is 0 Å². The smallest absolute Gasteiger partial charge is 0.352 e. The summed E-state index contributed by atoms with van der Waals surface area (Å²) in [4.78, 5) is 51.9. The number of hydrogen-bond donors (Lipinski definition) is 3. The molecule has 6 atom stereocenters. The number of methoxy groups -OCH3 is 1. The first-order valence-electron chi connectivity index (χ1n) is 15.3. The molecule has 240 valence electrons. The van der Waals surface area contributed by atoms with Gasteiger partial charge in [-0.25, -0.2) is 4.79 Å². The van der Waals surface area contributed by atoms with E-state index in [1.807, 2.05) is 33.0 Å². The zero-order valence-electron chi connectivity index (χ0n) is 26.2. The molecule has 0 radical (unpaired) electrons. The van der Waals surface area contributed by atoms with Crippen LogP contribution in [0.1, 0.15) is 64.5 Å². The third-order valence-electron chi connectivity index (χ3n) is 9.45. The van der Waals surface area contributed by atoms with E-state index in [9.17, 15) is 24.3 Å². The number of carbonyl (C=O) groups is 4. The average Bonchev–Trinajstić information content (AvgIpc) is 3.31. The van der Waals surface area contributed by atoms with E-state index in [1.54, 1.807) is 13.2 Å². The third kappa shape index (κ3) is 5.32. The van der Waals surface area contributed by atoms with Gasteiger partial charge in [-0.1, -0.05) is 19.9 Å². The number of amides is 2. The van der Waals surface area contributed by atoms with E-state index in [1.165, 1.54) is 13.8 Å². The van der Waals surface area contributed by atoms with Gasteiger partial charge in [-0.15, -0.1) is 0 Å². The van der Waals surface area contributed by atoms with Gasteiger partial charge in [0.2, 0.25) is 11.8 Å². The number of benzene rings is 1. The Labute approximate surface area is 257 Å². The monoisotopic (exact) mass is 613 g/mol. The summed E-state index contributed by atoms with van der Waals surface area (Å²) in [5.41, 5.74) is 0.0430. The first-order chi connectivity index (χ1) is 20.8. The maximum Gasteiger partial charge on any atom is 0.352 e. The van der Waals surface area contributed by atoms with Crippen molar-refractivity contribution in [1.82, 2.24) is 15.5 Å². The molecule has 0 unspecified atom stereocenters. The molecule has 12 heteroatoms. The molecular formula is C32H43N3O9. The highest BCUT2D eigenvalue weighted by Gasteiger charge is 2.72. The number of aliphatic hydroxyl groups is 1. The molecule has 1 fully saturated rings. The molecule has 44 heavy (non-hydrogen) atoms. The third-order valence-corrected chi connectivity index (χ3v) is 9.45. The van der Waals surface area contributed by atoms with E-state index < -0.39 is 47.1 Å². The molecular weight excluding hydrogens is 570 g/mol. The van der Waals surface area contributed by atoms with E-state index in [0.717, 1.165) is 17.7 Å². The van der Waals surface area contributed by atoms with Gasteiger partial charge >= 0.3 is 11.9 Å². The Hall–Kier alpha value is -3.64. The van der Waals surface area contributed by atoms with Gasteiger partial charge in [0.15, 0.2) is 23.7 Å². The Kier molecular flexibility index (Phi) is 8.69. The molecule has 2 aliphatic heterocycles. The number of piperidine rings is 1. The predicted molar refractivity (Wildman–Crippen MR) is 158 cm³/mol. The fourth-order valence-electron chi connectivity index (χ4n) is 7.45.